The van der Waals surface area contributed by atoms with Crippen LogP contribution in [0.1, 0.15) is 12.8 Å². The first kappa shape index (κ1) is 11.9. The normalized spacial score (nSPS) is 16.9. The summed E-state index contributed by atoms with van der Waals surface area (Å²) in [6.45, 7) is 1.00. The van der Waals surface area contributed by atoms with Crippen molar-refractivity contribution in [2.75, 3.05) is 27.7 Å². The predicted octanol–water partition coefficient (Wildman–Crippen LogP) is 1.11. The molecule has 0 aromatic carbocycles. The number of hydrogen-bond donors (Lipinski definition) is 0. The first-order chi connectivity index (χ1) is 6.88. The minimum atomic E-state index is -0.0742. The summed E-state index contributed by atoms with van der Waals surface area (Å²) in [6.07, 6.45) is 5.78. The molecule has 0 saturated heterocycles. The van der Waals surface area contributed by atoms with Crippen LogP contribution in [0.3, 0.4) is 0 Å². The van der Waals surface area contributed by atoms with Crippen LogP contribution in [0.5, 0.6) is 0 Å². The van der Waals surface area contributed by atoms with Gasteiger partial charge in [-0.3, -0.25) is 9.59 Å². The van der Waals surface area contributed by atoms with Crippen molar-refractivity contribution in [1.82, 2.24) is 0 Å². The third-order valence-corrected chi connectivity index (χ3v) is 2.31. The molecule has 0 aliphatic heterocycles. The minimum Gasteiger partial charge on any atom is -0.331 e. The van der Waals surface area contributed by atoms with Gasteiger partial charge in [-0.05, 0) is 24.6 Å². The molecular formula is C12H18NO2+. The maximum Gasteiger partial charge on any atom is 0.182 e. The Kier molecular flexibility index (Phi) is 3.58. The number of ketones is 2. The molecule has 0 amide bonds. The molecule has 0 unspecified atom stereocenters. The summed E-state index contributed by atoms with van der Waals surface area (Å²) in [7, 11) is 6.34. The number of allylic oxidation sites excluding steroid dienone is 4. The van der Waals surface area contributed by atoms with E-state index in [1.54, 1.807) is 0 Å². The third kappa shape index (κ3) is 4.21. The molecular weight excluding hydrogens is 190 g/mol. The molecule has 0 radical (unpaired) electrons. The van der Waals surface area contributed by atoms with E-state index in [1.165, 1.54) is 18.2 Å². The van der Waals surface area contributed by atoms with Crippen LogP contribution < -0.4 is 0 Å². The number of hydrogen-bond acceptors (Lipinski definition) is 2. The fourth-order valence-corrected chi connectivity index (χ4v) is 1.50. The highest BCUT2D eigenvalue weighted by Crippen LogP contribution is 2.12. The van der Waals surface area contributed by atoms with Crippen LogP contribution in [0.25, 0.3) is 0 Å². The van der Waals surface area contributed by atoms with Crippen LogP contribution in [-0.2, 0) is 9.59 Å². The molecule has 0 aromatic heterocycles. The molecule has 0 fully saturated rings. The van der Waals surface area contributed by atoms with E-state index >= 15 is 0 Å². The van der Waals surface area contributed by atoms with E-state index in [2.05, 4.69) is 21.1 Å². The Hall–Kier alpha value is -1.22. The van der Waals surface area contributed by atoms with Gasteiger partial charge in [0, 0.05) is 12.0 Å². The number of rotatable bonds is 4. The van der Waals surface area contributed by atoms with Crippen LogP contribution in [0.4, 0.5) is 0 Å². The molecule has 0 saturated carbocycles. The van der Waals surface area contributed by atoms with E-state index < -0.39 is 0 Å². The monoisotopic (exact) mass is 208 g/mol. The van der Waals surface area contributed by atoms with Gasteiger partial charge >= 0.3 is 0 Å². The minimum absolute atomic E-state index is 0.0176. The van der Waals surface area contributed by atoms with Crippen molar-refractivity contribution in [2.24, 2.45) is 0 Å². The van der Waals surface area contributed by atoms with E-state index in [1.807, 2.05) is 0 Å². The quantitative estimate of drug-likeness (QED) is 0.512. The highest BCUT2D eigenvalue weighted by molar-refractivity contribution is 6.17. The second-order valence-corrected chi connectivity index (χ2v) is 4.89. The molecule has 0 bridgehead atoms. The summed E-state index contributed by atoms with van der Waals surface area (Å²) < 4.78 is 0.880. The van der Waals surface area contributed by atoms with Crippen molar-refractivity contribution in [3.63, 3.8) is 0 Å². The fourth-order valence-electron chi connectivity index (χ4n) is 1.50. The fraction of sp³-hybridized carbons (Fsp3) is 0.500. The Labute approximate surface area is 90.7 Å². The first-order valence-corrected chi connectivity index (χ1v) is 5.16. The van der Waals surface area contributed by atoms with Crippen molar-refractivity contribution in [1.29, 1.82) is 0 Å². The molecule has 0 heterocycles. The van der Waals surface area contributed by atoms with Crippen LogP contribution in [0.15, 0.2) is 23.8 Å². The topological polar surface area (TPSA) is 34.1 Å². The maximum absolute atomic E-state index is 11.4. The lowest BCUT2D eigenvalue weighted by Crippen LogP contribution is -2.35. The summed E-state index contributed by atoms with van der Waals surface area (Å²) in [5, 5.41) is 0. The van der Waals surface area contributed by atoms with Crippen LogP contribution in [-0.4, -0.2) is 43.7 Å². The second-order valence-electron chi connectivity index (χ2n) is 4.89. The molecule has 1 aliphatic rings. The van der Waals surface area contributed by atoms with Crippen LogP contribution >= 0.6 is 0 Å². The summed E-state index contributed by atoms with van der Waals surface area (Å²) >= 11 is 0. The summed E-state index contributed by atoms with van der Waals surface area (Å²) in [6, 6.07) is 0. The predicted molar refractivity (Wildman–Crippen MR) is 59.4 cm³/mol. The van der Waals surface area contributed by atoms with E-state index in [9.17, 15) is 9.59 Å². The summed E-state index contributed by atoms with van der Waals surface area (Å²) in [5.74, 6) is -0.0918. The zero-order valence-corrected chi connectivity index (χ0v) is 9.62. The molecule has 0 aromatic rings. The van der Waals surface area contributed by atoms with Crippen molar-refractivity contribution >= 4 is 11.6 Å². The standard InChI is InChI=1S/C12H18NO2/c1-13(2,3)8-4-5-10-9-11(14)6-7-12(10)15/h6-7,9H,4-5,8H2,1-3H3/q+1. The third-order valence-electron chi connectivity index (χ3n) is 2.31. The molecule has 1 aliphatic carbocycles. The van der Waals surface area contributed by atoms with Crippen molar-refractivity contribution in [3.8, 4) is 0 Å². The highest BCUT2D eigenvalue weighted by atomic mass is 16.1. The van der Waals surface area contributed by atoms with Crippen molar-refractivity contribution in [2.45, 2.75) is 12.8 Å². The maximum atomic E-state index is 11.4. The van der Waals surface area contributed by atoms with Gasteiger partial charge in [0.1, 0.15) is 0 Å². The molecule has 82 valence electrons. The zero-order valence-electron chi connectivity index (χ0n) is 9.62. The van der Waals surface area contributed by atoms with Gasteiger partial charge in [0.25, 0.3) is 0 Å². The van der Waals surface area contributed by atoms with Gasteiger partial charge in [0.05, 0.1) is 27.7 Å². The lowest BCUT2D eigenvalue weighted by atomic mass is 9.99. The lowest BCUT2D eigenvalue weighted by Gasteiger charge is -2.23. The second kappa shape index (κ2) is 4.53. The summed E-state index contributed by atoms with van der Waals surface area (Å²) in [5.41, 5.74) is 0.649. The highest BCUT2D eigenvalue weighted by Gasteiger charge is 2.14. The molecule has 1 rings (SSSR count). The average Bonchev–Trinajstić information content (AvgIpc) is 2.09. The van der Waals surface area contributed by atoms with Crippen molar-refractivity contribution < 1.29 is 14.1 Å². The summed E-state index contributed by atoms with van der Waals surface area (Å²) in [4.78, 5) is 22.4. The van der Waals surface area contributed by atoms with E-state index in [0.717, 1.165) is 17.4 Å². The van der Waals surface area contributed by atoms with Gasteiger partial charge < -0.3 is 4.48 Å². The Morgan fingerprint density at radius 2 is 1.80 bits per heavy atom. The Balaban J connectivity index is 2.45. The number of quaternary nitrogens is 1. The molecule has 15 heavy (non-hydrogen) atoms. The van der Waals surface area contributed by atoms with Gasteiger partial charge in [-0.25, -0.2) is 0 Å². The molecule has 0 spiro atoms. The van der Waals surface area contributed by atoms with E-state index in [0.29, 0.717) is 12.0 Å². The van der Waals surface area contributed by atoms with Crippen molar-refractivity contribution in [3.05, 3.63) is 23.8 Å². The Bertz CT molecular complexity index is 332. The average molecular weight is 208 g/mol. The Morgan fingerprint density at radius 1 is 1.13 bits per heavy atom. The molecule has 3 nitrogen and oxygen atoms in total. The van der Waals surface area contributed by atoms with E-state index in [-0.39, 0.29) is 11.6 Å². The first-order valence-electron chi connectivity index (χ1n) is 5.16. The SMILES string of the molecule is C[N+](C)(C)CCCC1=CC(=O)C=CC1=O. The molecule has 3 heteroatoms. The number of carbonyl (C=O) groups is 2. The largest absolute Gasteiger partial charge is 0.331 e. The van der Waals surface area contributed by atoms with Crippen LogP contribution in [0.2, 0.25) is 0 Å². The number of nitrogens with zero attached hydrogens (tertiary/aromatic N) is 1. The van der Waals surface area contributed by atoms with E-state index in [4.69, 9.17) is 0 Å². The van der Waals surface area contributed by atoms with Gasteiger partial charge in [-0.15, -0.1) is 0 Å². The van der Waals surface area contributed by atoms with Gasteiger partial charge in [0.15, 0.2) is 11.6 Å². The zero-order chi connectivity index (χ0) is 11.5. The number of carbonyl (C=O) groups excluding carboxylic acids is 2. The molecule has 0 N–H and O–H groups in total. The van der Waals surface area contributed by atoms with Gasteiger partial charge in [0.2, 0.25) is 0 Å². The van der Waals surface area contributed by atoms with Crippen LogP contribution in [0, 0.1) is 0 Å². The van der Waals surface area contributed by atoms with Gasteiger partial charge in [-0.1, -0.05) is 0 Å². The smallest absolute Gasteiger partial charge is 0.182 e. The molecule has 0 atom stereocenters. The van der Waals surface area contributed by atoms with Gasteiger partial charge in [-0.2, -0.15) is 0 Å². The lowest BCUT2D eigenvalue weighted by molar-refractivity contribution is -0.870. The Morgan fingerprint density at radius 3 is 2.40 bits per heavy atom.